The lowest BCUT2D eigenvalue weighted by Gasteiger charge is -2.30. The second kappa shape index (κ2) is 8.88. The van der Waals surface area contributed by atoms with E-state index >= 15 is 0 Å². The Bertz CT molecular complexity index is 583. The van der Waals surface area contributed by atoms with Gasteiger partial charge >= 0.3 is 0 Å². The number of rotatable bonds is 6. The molecule has 2 N–H and O–H groups in total. The summed E-state index contributed by atoms with van der Waals surface area (Å²) in [5, 5.41) is 5.87. The van der Waals surface area contributed by atoms with Gasteiger partial charge in [0.05, 0.1) is 7.11 Å². The molecule has 1 saturated carbocycles. The van der Waals surface area contributed by atoms with Crippen LogP contribution in [0.3, 0.4) is 0 Å². The lowest BCUT2D eigenvalue weighted by atomic mass is 9.79. The number of methoxy groups -OCH3 is 1. The van der Waals surface area contributed by atoms with Crippen LogP contribution in [-0.2, 0) is 9.59 Å². The van der Waals surface area contributed by atoms with Crippen LogP contribution in [0.5, 0.6) is 5.75 Å². The average Bonchev–Trinajstić information content (AvgIpc) is 2.60. The predicted octanol–water partition coefficient (Wildman–Crippen LogP) is 3.60. The minimum Gasteiger partial charge on any atom is -0.497 e. The van der Waals surface area contributed by atoms with Crippen LogP contribution in [0.1, 0.15) is 46.5 Å². The fourth-order valence-electron chi connectivity index (χ4n) is 3.40. The minimum atomic E-state index is -0.538. The molecule has 1 fully saturated rings. The van der Waals surface area contributed by atoms with Gasteiger partial charge in [-0.1, -0.05) is 33.6 Å². The van der Waals surface area contributed by atoms with E-state index in [0.29, 0.717) is 11.6 Å². The molecule has 1 aromatic rings. The summed E-state index contributed by atoms with van der Waals surface area (Å²) >= 11 is 0. The number of anilines is 1. The Labute approximate surface area is 150 Å². The fourth-order valence-corrected chi connectivity index (χ4v) is 3.40. The molecule has 138 valence electrons. The Balaban J connectivity index is 2.00. The lowest BCUT2D eigenvalue weighted by Crippen LogP contribution is -2.50. The molecule has 0 bridgehead atoms. The van der Waals surface area contributed by atoms with Gasteiger partial charge in [0.2, 0.25) is 11.8 Å². The molecule has 25 heavy (non-hydrogen) atoms. The van der Waals surface area contributed by atoms with Crippen molar-refractivity contribution in [1.82, 2.24) is 5.32 Å². The highest BCUT2D eigenvalue weighted by atomic mass is 16.5. The normalized spacial score (nSPS) is 21.5. The summed E-state index contributed by atoms with van der Waals surface area (Å²) in [5.74, 6) is 0.974. The van der Waals surface area contributed by atoms with E-state index in [9.17, 15) is 9.59 Å². The smallest absolute Gasteiger partial charge is 0.247 e. The fraction of sp³-hybridized carbons (Fsp3) is 0.600. The number of ether oxygens (including phenoxy) is 1. The first-order chi connectivity index (χ1) is 11.9. The molecule has 1 aliphatic carbocycles. The molecule has 0 aliphatic heterocycles. The second-order valence-corrected chi connectivity index (χ2v) is 7.32. The Morgan fingerprint density at radius 3 is 2.32 bits per heavy atom. The largest absolute Gasteiger partial charge is 0.497 e. The summed E-state index contributed by atoms with van der Waals surface area (Å²) in [7, 11) is 1.60. The van der Waals surface area contributed by atoms with Crippen molar-refractivity contribution in [2.75, 3.05) is 12.4 Å². The maximum Gasteiger partial charge on any atom is 0.247 e. The van der Waals surface area contributed by atoms with Gasteiger partial charge in [-0.15, -0.1) is 0 Å². The highest BCUT2D eigenvalue weighted by molar-refractivity contribution is 5.97. The zero-order valence-electron chi connectivity index (χ0n) is 15.7. The van der Waals surface area contributed by atoms with Crippen LogP contribution in [-0.4, -0.2) is 25.0 Å². The van der Waals surface area contributed by atoms with E-state index in [1.54, 1.807) is 31.4 Å². The third-order valence-corrected chi connectivity index (χ3v) is 5.05. The van der Waals surface area contributed by atoms with Crippen molar-refractivity contribution in [2.45, 2.75) is 52.5 Å². The maximum atomic E-state index is 12.7. The maximum absolute atomic E-state index is 12.7. The number of hydrogen-bond acceptors (Lipinski definition) is 3. The van der Waals surface area contributed by atoms with Crippen molar-refractivity contribution in [1.29, 1.82) is 0 Å². The molecule has 0 saturated heterocycles. The Morgan fingerprint density at radius 2 is 1.76 bits per heavy atom. The molecule has 0 heterocycles. The number of carbonyl (C=O) groups excluding carboxylic acids is 2. The van der Waals surface area contributed by atoms with Crippen molar-refractivity contribution in [2.24, 2.45) is 17.8 Å². The molecule has 2 amide bonds. The minimum absolute atomic E-state index is 0.00998. The monoisotopic (exact) mass is 346 g/mol. The van der Waals surface area contributed by atoms with Crippen molar-refractivity contribution >= 4 is 17.5 Å². The molecule has 0 aromatic heterocycles. The summed E-state index contributed by atoms with van der Waals surface area (Å²) in [6.45, 7) is 6.02. The number of carbonyl (C=O) groups is 2. The summed E-state index contributed by atoms with van der Waals surface area (Å²) in [6, 6.07) is 6.63. The van der Waals surface area contributed by atoms with Gasteiger partial charge in [0.1, 0.15) is 11.8 Å². The zero-order chi connectivity index (χ0) is 18.4. The van der Waals surface area contributed by atoms with E-state index < -0.39 is 6.04 Å². The molecule has 0 unspecified atom stereocenters. The van der Waals surface area contributed by atoms with E-state index in [0.717, 1.165) is 25.0 Å². The molecular weight excluding hydrogens is 316 g/mol. The Kier molecular flexibility index (Phi) is 6.85. The number of benzene rings is 1. The van der Waals surface area contributed by atoms with E-state index in [1.165, 1.54) is 6.42 Å². The molecule has 1 aromatic carbocycles. The summed E-state index contributed by atoms with van der Waals surface area (Å²) in [6.07, 6.45) is 4.28. The highest BCUT2D eigenvalue weighted by Gasteiger charge is 2.31. The molecule has 0 radical (unpaired) electrons. The van der Waals surface area contributed by atoms with Crippen LogP contribution >= 0.6 is 0 Å². The molecular formula is C20H30N2O3. The van der Waals surface area contributed by atoms with Crippen LogP contribution < -0.4 is 15.4 Å². The summed E-state index contributed by atoms with van der Waals surface area (Å²) in [4.78, 5) is 25.3. The molecule has 5 nitrogen and oxygen atoms in total. The first-order valence-corrected chi connectivity index (χ1v) is 9.17. The molecule has 0 spiro atoms. The van der Waals surface area contributed by atoms with E-state index in [4.69, 9.17) is 4.74 Å². The van der Waals surface area contributed by atoms with Gasteiger partial charge in [0.15, 0.2) is 0 Å². The highest BCUT2D eigenvalue weighted by Crippen LogP contribution is 2.30. The molecule has 5 heteroatoms. The third kappa shape index (κ3) is 5.21. The first-order valence-electron chi connectivity index (χ1n) is 9.17. The van der Waals surface area contributed by atoms with Gasteiger partial charge in [0.25, 0.3) is 0 Å². The van der Waals surface area contributed by atoms with E-state index in [-0.39, 0.29) is 23.7 Å². The van der Waals surface area contributed by atoms with Gasteiger partial charge in [-0.3, -0.25) is 9.59 Å². The first kappa shape index (κ1) is 19.3. The third-order valence-electron chi connectivity index (χ3n) is 5.05. The summed E-state index contributed by atoms with van der Waals surface area (Å²) in [5.41, 5.74) is 0.691. The van der Waals surface area contributed by atoms with Crippen molar-refractivity contribution < 1.29 is 14.3 Å². The standard InChI is InChI=1S/C20H30N2O3/c1-13(2)18(22-19(23)17-8-6-5-7-14(17)3)20(24)21-15-9-11-16(25-4)12-10-15/h9-14,17-18H,5-8H2,1-4H3,(H,21,24)(H,22,23)/t14-,17+,18-/m1/s1. The second-order valence-electron chi connectivity index (χ2n) is 7.32. The molecule has 3 atom stereocenters. The lowest BCUT2D eigenvalue weighted by molar-refractivity contribution is -0.132. The average molecular weight is 346 g/mol. The van der Waals surface area contributed by atoms with Crippen LogP contribution in [0.15, 0.2) is 24.3 Å². The van der Waals surface area contributed by atoms with Crippen LogP contribution in [0.4, 0.5) is 5.69 Å². The van der Waals surface area contributed by atoms with E-state index in [1.807, 2.05) is 13.8 Å². The molecule has 1 aliphatic rings. The van der Waals surface area contributed by atoms with Gasteiger partial charge < -0.3 is 15.4 Å². The number of nitrogens with one attached hydrogen (secondary N) is 2. The van der Waals surface area contributed by atoms with Crippen molar-refractivity contribution in [3.8, 4) is 5.75 Å². The van der Waals surface area contributed by atoms with E-state index in [2.05, 4.69) is 17.6 Å². The SMILES string of the molecule is COc1ccc(NC(=O)[C@H](NC(=O)[C@H]2CCCC[C@H]2C)C(C)C)cc1. The van der Waals surface area contributed by atoms with Crippen molar-refractivity contribution in [3.63, 3.8) is 0 Å². The van der Waals surface area contributed by atoms with Crippen LogP contribution in [0, 0.1) is 17.8 Å². The quantitative estimate of drug-likeness (QED) is 0.827. The summed E-state index contributed by atoms with van der Waals surface area (Å²) < 4.78 is 5.12. The van der Waals surface area contributed by atoms with Crippen LogP contribution in [0.25, 0.3) is 0 Å². The zero-order valence-corrected chi connectivity index (χ0v) is 15.7. The Morgan fingerprint density at radius 1 is 1.12 bits per heavy atom. The predicted molar refractivity (Wildman–Crippen MR) is 99.5 cm³/mol. The van der Waals surface area contributed by atoms with Gasteiger partial charge in [-0.05, 0) is 48.9 Å². The number of hydrogen-bond donors (Lipinski definition) is 2. The topological polar surface area (TPSA) is 67.4 Å². The van der Waals surface area contributed by atoms with Gasteiger partial charge in [-0.2, -0.15) is 0 Å². The molecule has 2 rings (SSSR count). The van der Waals surface area contributed by atoms with Gasteiger partial charge in [-0.25, -0.2) is 0 Å². The Hall–Kier alpha value is -2.04. The number of amides is 2. The van der Waals surface area contributed by atoms with Crippen molar-refractivity contribution in [3.05, 3.63) is 24.3 Å². The van der Waals surface area contributed by atoms with Gasteiger partial charge in [0, 0.05) is 11.6 Å². The van der Waals surface area contributed by atoms with Crippen LogP contribution in [0.2, 0.25) is 0 Å².